The molecule has 0 aliphatic carbocycles. The maximum atomic E-state index is 12.6. The lowest BCUT2D eigenvalue weighted by atomic mass is 9.73. The summed E-state index contributed by atoms with van der Waals surface area (Å²) in [6, 6.07) is 13.7. The van der Waals surface area contributed by atoms with Gasteiger partial charge in [0.1, 0.15) is 0 Å². The lowest BCUT2D eigenvalue weighted by molar-refractivity contribution is 0.00578. The highest BCUT2D eigenvalue weighted by molar-refractivity contribution is 6.63. The van der Waals surface area contributed by atoms with E-state index in [-0.39, 0.29) is 17.1 Å². The summed E-state index contributed by atoms with van der Waals surface area (Å²) in [7, 11) is -0.420. The molecule has 0 radical (unpaired) electrons. The van der Waals surface area contributed by atoms with Crippen LogP contribution in [-0.4, -0.2) is 24.2 Å². The van der Waals surface area contributed by atoms with Crippen molar-refractivity contribution in [2.45, 2.75) is 59.3 Å². The van der Waals surface area contributed by atoms with Crippen LogP contribution in [0.4, 0.5) is 0 Å². The first-order valence-corrected chi connectivity index (χ1v) is 9.39. The van der Waals surface area contributed by atoms with E-state index in [9.17, 15) is 4.79 Å². The van der Waals surface area contributed by atoms with Crippen LogP contribution in [0.3, 0.4) is 0 Å². The van der Waals surface area contributed by atoms with Crippen LogP contribution in [0.1, 0.15) is 54.7 Å². The highest BCUT2D eigenvalue weighted by Crippen LogP contribution is 2.37. The Bertz CT molecular complexity index is 807. The van der Waals surface area contributed by atoms with E-state index >= 15 is 0 Å². The molecule has 2 aromatic rings. The summed E-state index contributed by atoms with van der Waals surface area (Å²) in [5, 5.41) is 2.98. The van der Waals surface area contributed by atoms with Crippen molar-refractivity contribution in [2.24, 2.45) is 0 Å². The van der Waals surface area contributed by atoms with Gasteiger partial charge in [-0.15, -0.1) is 0 Å². The van der Waals surface area contributed by atoms with E-state index < -0.39 is 7.12 Å². The van der Waals surface area contributed by atoms with Crippen molar-refractivity contribution in [1.82, 2.24) is 5.32 Å². The molecule has 27 heavy (non-hydrogen) atoms. The lowest BCUT2D eigenvalue weighted by Gasteiger charge is -2.32. The van der Waals surface area contributed by atoms with Crippen molar-refractivity contribution in [2.75, 3.05) is 0 Å². The molecule has 1 N–H and O–H groups in total. The minimum Gasteiger partial charge on any atom is -0.399 e. The quantitative estimate of drug-likeness (QED) is 0.844. The predicted octanol–water partition coefficient (Wildman–Crippen LogP) is 3.53. The molecule has 0 spiro atoms. The number of benzene rings is 2. The number of hydrogen-bond acceptors (Lipinski definition) is 3. The molecule has 1 saturated heterocycles. The molecule has 0 aromatic heterocycles. The van der Waals surface area contributed by atoms with Crippen molar-refractivity contribution in [3.05, 3.63) is 64.7 Å². The van der Waals surface area contributed by atoms with Crippen LogP contribution in [0.2, 0.25) is 0 Å². The third-order valence-corrected chi connectivity index (χ3v) is 5.64. The molecule has 0 atom stereocenters. The zero-order chi connectivity index (χ0) is 19.8. The standard InChI is InChI=1S/C22H28BNO3/c1-15-12-18(20(25)24-14-17-10-8-7-9-11-17)13-16(2)19(15)23-26-21(3,4)22(5,6)27-23/h7-13H,14H2,1-6H3,(H,24,25). The molecular formula is C22H28BNO3. The Morgan fingerprint density at radius 3 is 2.00 bits per heavy atom. The van der Waals surface area contributed by atoms with Crippen molar-refractivity contribution in [3.8, 4) is 0 Å². The number of carbonyl (C=O) groups is 1. The molecule has 1 amide bonds. The normalized spacial score (nSPS) is 17.8. The van der Waals surface area contributed by atoms with E-state index in [1.54, 1.807) is 0 Å². The molecule has 1 aliphatic rings. The topological polar surface area (TPSA) is 47.6 Å². The van der Waals surface area contributed by atoms with Crippen LogP contribution < -0.4 is 10.8 Å². The first-order chi connectivity index (χ1) is 12.6. The minimum absolute atomic E-state index is 0.0782. The van der Waals surface area contributed by atoms with Crippen LogP contribution in [-0.2, 0) is 15.9 Å². The van der Waals surface area contributed by atoms with Gasteiger partial charge in [-0.25, -0.2) is 0 Å². The molecule has 2 aromatic carbocycles. The summed E-state index contributed by atoms with van der Waals surface area (Å²) < 4.78 is 12.4. The van der Waals surface area contributed by atoms with Crippen molar-refractivity contribution in [1.29, 1.82) is 0 Å². The van der Waals surface area contributed by atoms with E-state index in [2.05, 4.69) is 5.32 Å². The van der Waals surface area contributed by atoms with Gasteiger partial charge >= 0.3 is 7.12 Å². The average molecular weight is 365 g/mol. The van der Waals surface area contributed by atoms with Gasteiger partial charge in [0.2, 0.25) is 0 Å². The summed E-state index contributed by atoms with van der Waals surface area (Å²) in [5.74, 6) is -0.0782. The lowest BCUT2D eigenvalue weighted by Crippen LogP contribution is -2.41. The van der Waals surface area contributed by atoms with Crippen molar-refractivity contribution >= 4 is 18.5 Å². The number of rotatable bonds is 4. The average Bonchev–Trinajstić information content (AvgIpc) is 2.80. The zero-order valence-corrected chi connectivity index (χ0v) is 17.1. The smallest absolute Gasteiger partial charge is 0.399 e. The minimum atomic E-state index is -0.420. The van der Waals surface area contributed by atoms with Gasteiger partial charge in [-0.3, -0.25) is 4.79 Å². The fourth-order valence-electron chi connectivity index (χ4n) is 3.32. The fourth-order valence-corrected chi connectivity index (χ4v) is 3.32. The van der Waals surface area contributed by atoms with Crippen LogP contribution in [0.25, 0.3) is 0 Å². The fraction of sp³-hybridized carbons (Fsp3) is 0.409. The van der Waals surface area contributed by atoms with Gasteiger partial charge in [-0.1, -0.05) is 41.5 Å². The second kappa shape index (κ2) is 7.14. The van der Waals surface area contributed by atoms with Crippen LogP contribution in [0.5, 0.6) is 0 Å². The first kappa shape index (κ1) is 19.7. The molecule has 1 aliphatic heterocycles. The van der Waals surface area contributed by atoms with E-state index in [0.29, 0.717) is 12.1 Å². The molecule has 0 bridgehead atoms. The summed E-state index contributed by atoms with van der Waals surface area (Å²) in [5.41, 5.74) is 3.96. The van der Waals surface area contributed by atoms with Crippen LogP contribution in [0, 0.1) is 13.8 Å². The molecule has 1 heterocycles. The highest BCUT2D eigenvalue weighted by atomic mass is 16.7. The Kier molecular flexibility index (Phi) is 5.19. The molecule has 3 rings (SSSR count). The van der Waals surface area contributed by atoms with Gasteiger partial charge in [0.15, 0.2) is 0 Å². The van der Waals surface area contributed by atoms with E-state index in [1.165, 1.54) is 0 Å². The molecule has 0 saturated carbocycles. The van der Waals surface area contributed by atoms with Gasteiger partial charge in [0.05, 0.1) is 11.2 Å². The van der Waals surface area contributed by atoms with E-state index in [4.69, 9.17) is 9.31 Å². The van der Waals surface area contributed by atoms with Gasteiger partial charge in [0.25, 0.3) is 5.91 Å². The second-order valence-electron chi connectivity index (χ2n) is 8.28. The Morgan fingerprint density at radius 1 is 0.963 bits per heavy atom. The summed E-state index contributed by atoms with van der Waals surface area (Å²) in [6.45, 7) is 12.7. The molecule has 142 valence electrons. The van der Waals surface area contributed by atoms with E-state index in [1.807, 2.05) is 84.0 Å². The SMILES string of the molecule is Cc1cc(C(=O)NCc2ccccc2)cc(C)c1B1OC(C)(C)C(C)(C)O1. The van der Waals surface area contributed by atoms with Gasteiger partial charge < -0.3 is 14.6 Å². The number of aryl methyl sites for hydroxylation is 2. The number of amides is 1. The van der Waals surface area contributed by atoms with Crippen LogP contribution >= 0.6 is 0 Å². The van der Waals surface area contributed by atoms with E-state index in [0.717, 1.165) is 22.2 Å². The largest absolute Gasteiger partial charge is 0.495 e. The van der Waals surface area contributed by atoms with Crippen molar-refractivity contribution < 1.29 is 14.1 Å². The number of nitrogens with one attached hydrogen (secondary N) is 1. The molecule has 1 fully saturated rings. The monoisotopic (exact) mass is 365 g/mol. The first-order valence-electron chi connectivity index (χ1n) is 9.39. The predicted molar refractivity (Wildman–Crippen MR) is 109 cm³/mol. The van der Waals surface area contributed by atoms with Crippen molar-refractivity contribution in [3.63, 3.8) is 0 Å². The number of hydrogen-bond donors (Lipinski definition) is 1. The second-order valence-corrected chi connectivity index (χ2v) is 8.28. The van der Waals surface area contributed by atoms with Gasteiger partial charge in [-0.05, 0) is 64.7 Å². The molecule has 5 heteroatoms. The summed E-state index contributed by atoms with van der Waals surface area (Å²) in [4.78, 5) is 12.6. The molecule has 0 unspecified atom stereocenters. The Morgan fingerprint density at radius 2 is 1.48 bits per heavy atom. The molecular weight excluding hydrogens is 337 g/mol. The van der Waals surface area contributed by atoms with Gasteiger partial charge in [0, 0.05) is 12.1 Å². The maximum absolute atomic E-state index is 12.6. The summed E-state index contributed by atoms with van der Waals surface area (Å²) in [6.07, 6.45) is 0. The summed E-state index contributed by atoms with van der Waals surface area (Å²) >= 11 is 0. The Labute approximate surface area is 162 Å². The highest BCUT2D eigenvalue weighted by Gasteiger charge is 2.52. The number of carbonyl (C=O) groups excluding carboxylic acids is 1. The zero-order valence-electron chi connectivity index (χ0n) is 17.1. The molecule has 4 nitrogen and oxygen atoms in total. The van der Waals surface area contributed by atoms with Crippen LogP contribution in [0.15, 0.2) is 42.5 Å². The van der Waals surface area contributed by atoms with Gasteiger partial charge in [-0.2, -0.15) is 0 Å². The Balaban J connectivity index is 1.78. The maximum Gasteiger partial charge on any atom is 0.495 e. The third kappa shape index (κ3) is 3.94. The third-order valence-electron chi connectivity index (χ3n) is 5.64. The Hall–Kier alpha value is -2.11.